The van der Waals surface area contributed by atoms with Crippen LogP contribution in [0.15, 0.2) is 47.5 Å². The zero-order valence-corrected chi connectivity index (χ0v) is 13.5. The van der Waals surface area contributed by atoms with Gasteiger partial charge in [0.15, 0.2) is 5.96 Å². The predicted molar refractivity (Wildman–Crippen MR) is 94.9 cm³/mol. The molecular formula is C17H23N3S. The third-order valence-electron chi connectivity index (χ3n) is 3.09. The molecule has 2 rings (SSSR count). The van der Waals surface area contributed by atoms with Crippen LogP contribution in [0.4, 0.5) is 0 Å². The van der Waals surface area contributed by atoms with Crippen molar-refractivity contribution in [2.75, 3.05) is 12.3 Å². The summed E-state index contributed by atoms with van der Waals surface area (Å²) in [5, 5.41) is 5.74. The van der Waals surface area contributed by atoms with E-state index < -0.39 is 0 Å². The first kappa shape index (κ1) is 15.7. The molecule has 0 fully saturated rings. The summed E-state index contributed by atoms with van der Waals surface area (Å²) in [5.41, 5.74) is 7.16. The Bertz CT molecular complexity index is 603. The molecule has 0 heterocycles. The van der Waals surface area contributed by atoms with Crippen LogP contribution in [0.5, 0.6) is 0 Å². The van der Waals surface area contributed by atoms with Gasteiger partial charge in [-0.15, -0.1) is 0 Å². The lowest BCUT2D eigenvalue weighted by atomic mass is 10.1. The van der Waals surface area contributed by atoms with Crippen LogP contribution >= 0.6 is 11.8 Å². The number of nitrogens with two attached hydrogens (primary N) is 1. The Kier molecular flexibility index (Phi) is 5.93. The second kappa shape index (κ2) is 7.93. The first-order chi connectivity index (χ1) is 10.2. The maximum Gasteiger partial charge on any atom is 0.188 e. The number of hydrogen-bond donors (Lipinski definition) is 2. The van der Waals surface area contributed by atoms with Crippen molar-refractivity contribution in [1.82, 2.24) is 5.32 Å². The molecule has 3 N–H and O–H groups in total. The second-order valence-corrected chi connectivity index (χ2v) is 6.36. The Labute approximate surface area is 131 Å². The minimum atomic E-state index is 0.331. The summed E-state index contributed by atoms with van der Waals surface area (Å²) in [5.74, 6) is 2.52. The molecule has 0 atom stereocenters. The molecule has 0 saturated carbocycles. The monoisotopic (exact) mass is 301 g/mol. The van der Waals surface area contributed by atoms with Gasteiger partial charge in [-0.3, -0.25) is 4.99 Å². The summed E-state index contributed by atoms with van der Waals surface area (Å²) >= 11 is 1.89. The maximum absolute atomic E-state index is 5.77. The van der Waals surface area contributed by atoms with E-state index in [4.69, 9.17) is 5.73 Å². The Morgan fingerprint density at radius 3 is 2.76 bits per heavy atom. The van der Waals surface area contributed by atoms with E-state index in [2.05, 4.69) is 66.6 Å². The van der Waals surface area contributed by atoms with Crippen molar-refractivity contribution in [2.24, 2.45) is 10.7 Å². The van der Waals surface area contributed by atoms with Crippen molar-refractivity contribution in [1.29, 1.82) is 0 Å². The Morgan fingerprint density at radius 2 is 1.95 bits per heavy atom. The van der Waals surface area contributed by atoms with Gasteiger partial charge in [-0.05, 0) is 30.2 Å². The molecule has 2 aromatic rings. The number of fused-ring (bicyclic) bond motifs is 1. The topological polar surface area (TPSA) is 50.4 Å². The van der Waals surface area contributed by atoms with Crippen LogP contribution in [-0.2, 0) is 5.75 Å². The molecule has 4 heteroatoms. The highest BCUT2D eigenvalue weighted by atomic mass is 32.2. The number of rotatable bonds is 6. The summed E-state index contributed by atoms with van der Waals surface area (Å²) in [6.07, 6.45) is 0. The van der Waals surface area contributed by atoms with Crippen molar-refractivity contribution in [3.63, 3.8) is 0 Å². The van der Waals surface area contributed by atoms with Crippen LogP contribution in [-0.4, -0.2) is 24.3 Å². The van der Waals surface area contributed by atoms with Gasteiger partial charge in [0.2, 0.25) is 0 Å². The van der Waals surface area contributed by atoms with Crippen molar-refractivity contribution in [3.05, 3.63) is 48.0 Å². The molecule has 0 bridgehead atoms. The van der Waals surface area contributed by atoms with Crippen LogP contribution in [0, 0.1) is 0 Å². The number of thioether (sulfide) groups is 1. The molecule has 0 aliphatic rings. The van der Waals surface area contributed by atoms with E-state index in [0.29, 0.717) is 12.0 Å². The fraction of sp³-hybridized carbons (Fsp3) is 0.353. The van der Waals surface area contributed by atoms with E-state index >= 15 is 0 Å². The Hall–Kier alpha value is -1.68. The van der Waals surface area contributed by atoms with Crippen LogP contribution < -0.4 is 11.1 Å². The summed E-state index contributed by atoms with van der Waals surface area (Å²) in [6.45, 7) is 4.86. The Balaban J connectivity index is 1.83. The highest BCUT2D eigenvalue weighted by Gasteiger charge is 2.00. The molecule has 112 valence electrons. The highest BCUT2D eigenvalue weighted by molar-refractivity contribution is 7.98. The lowest BCUT2D eigenvalue weighted by molar-refractivity contribution is 0.725. The van der Waals surface area contributed by atoms with E-state index in [1.165, 1.54) is 16.3 Å². The van der Waals surface area contributed by atoms with Crippen LogP contribution in [0.3, 0.4) is 0 Å². The molecule has 0 aliphatic heterocycles. The fourth-order valence-electron chi connectivity index (χ4n) is 2.17. The average Bonchev–Trinajstić information content (AvgIpc) is 2.46. The molecular weight excluding hydrogens is 278 g/mol. The standard InChI is InChI=1S/C17H23N3S/c1-13(2)20-17(18)19-10-11-21-12-15-8-5-7-14-6-3-4-9-16(14)15/h3-9,13H,10-12H2,1-2H3,(H3,18,19,20). The normalized spacial score (nSPS) is 12.0. The molecule has 0 spiro atoms. The second-order valence-electron chi connectivity index (χ2n) is 5.26. The first-order valence-electron chi connectivity index (χ1n) is 7.27. The van der Waals surface area contributed by atoms with Crippen LogP contribution in [0.2, 0.25) is 0 Å². The van der Waals surface area contributed by atoms with Gasteiger partial charge >= 0.3 is 0 Å². The number of nitrogens with one attached hydrogen (secondary N) is 1. The highest BCUT2D eigenvalue weighted by Crippen LogP contribution is 2.22. The van der Waals surface area contributed by atoms with E-state index in [0.717, 1.165) is 18.1 Å². The lowest BCUT2D eigenvalue weighted by Gasteiger charge is -2.08. The van der Waals surface area contributed by atoms with Gasteiger partial charge in [-0.25, -0.2) is 0 Å². The zero-order chi connectivity index (χ0) is 15.1. The Morgan fingerprint density at radius 1 is 1.19 bits per heavy atom. The molecule has 21 heavy (non-hydrogen) atoms. The van der Waals surface area contributed by atoms with Crippen molar-refractivity contribution in [2.45, 2.75) is 25.6 Å². The van der Waals surface area contributed by atoms with E-state index in [-0.39, 0.29) is 0 Å². The zero-order valence-electron chi connectivity index (χ0n) is 12.7. The largest absolute Gasteiger partial charge is 0.370 e. The molecule has 0 saturated heterocycles. The predicted octanol–water partition coefficient (Wildman–Crippen LogP) is 3.39. The van der Waals surface area contributed by atoms with Gasteiger partial charge in [0.25, 0.3) is 0 Å². The summed E-state index contributed by atoms with van der Waals surface area (Å²) in [4.78, 5) is 4.32. The molecule has 0 aromatic heterocycles. The van der Waals surface area contributed by atoms with Crippen molar-refractivity contribution >= 4 is 28.5 Å². The van der Waals surface area contributed by atoms with Gasteiger partial charge < -0.3 is 11.1 Å². The van der Waals surface area contributed by atoms with E-state index in [9.17, 15) is 0 Å². The number of hydrogen-bond acceptors (Lipinski definition) is 2. The summed E-state index contributed by atoms with van der Waals surface area (Å²) in [6, 6.07) is 15.3. The quantitative estimate of drug-likeness (QED) is 0.488. The van der Waals surface area contributed by atoms with Gasteiger partial charge in [-0.1, -0.05) is 42.5 Å². The maximum atomic E-state index is 5.77. The SMILES string of the molecule is CC(C)NC(N)=NCCSCc1cccc2ccccc12. The number of guanidine groups is 1. The fourth-order valence-corrected chi connectivity index (χ4v) is 3.01. The molecule has 0 unspecified atom stereocenters. The third-order valence-corrected chi connectivity index (χ3v) is 4.08. The van der Waals surface area contributed by atoms with Crippen LogP contribution in [0.1, 0.15) is 19.4 Å². The number of nitrogens with zero attached hydrogens (tertiary/aromatic N) is 1. The lowest BCUT2D eigenvalue weighted by Crippen LogP contribution is -2.36. The molecule has 0 amide bonds. The molecule has 0 aliphatic carbocycles. The summed E-state index contributed by atoms with van der Waals surface area (Å²) in [7, 11) is 0. The smallest absolute Gasteiger partial charge is 0.188 e. The summed E-state index contributed by atoms with van der Waals surface area (Å²) < 4.78 is 0. The van der Waals surface area contributed by atoms with E-state index in [1.807, 2.05) is 11.8 Å². The molecule has 0 radical (unpaired) electrons. The van der Waals surface area contributed by atoms with E-state index in [1.54, 1.807) is 0 Å². The van der Waals surface area contributed by atoms with Gasteiger partial charge in [-0.2, -0.15) is 11.8 Å². The number of benzene rings is 2. The molecule has 2 aromatic carbocycles. The first-order valence-corrected chi connectivity index (χ1v) is 8.43. The minimum Gasteiger partial charge on any atom is -0.370 e. The van der Waals surface area contributed by atoms with Crippen molar-refractivity contribution < 1.29 is 0 Å². The average molecular weight is 301 g/mol. The number of aliphatic imine (C=N–C) groups is 1. The van der Waals surface area contributed by atoms with Crippen molar-refractivity contribution in [3.8, 4) is 0 Å². The van der Waals surface area contributed by atoms with Gasteiger partial charge in [0.05, 0.1) is 6.54 Å². The third kappa shape index (κ3) is 4.97. The van der Waals surface area contributed by atoms with Crippen LogP contribution in [0.25, 0.3) is 10.8 Å². The van der Waals surface area contributed by atoms with Gasteiger partial charge in [0.1, 0.15) is 0 Å². The van der Waals surface area contributed by atoms with Gasteiger partial charge in [0, 0.05) is 17.5 Å². The molecule has 3 nitrogen and oxygen atoms in total. The minimum absolute atomic E-state index is 0.331.